The highest BCUT2D eigenvalue weighted by Crippen LogP contribution is 2.38. The van der Waals surface area contributed by atoms with Gasteiger partial charge in [0, 0.05) is 5.69 Å². The van der Waals surface area contributed by atoms with E-state index >= 15 is 0 Å². The third kappa shape index (κ3) is 2.68. The Morgan fingerprint density at radius 2 is 1.75 bits per heavy atom. The van der Waals surface area contributed by atoms with Crippen molar-refractivity contribution >= 4 is 27.2 Å². The fourth-order valence-electron chi connectivity index (χ4n) is 4.61. The van der Waals surface area contributed by atoms with Crippen LogP contribution in [-0.2, 0) is 40.2 Å². The number of amides is 2. The Hall–Kier alpha value is -2.54. The molecule has 0 bridgehead atoms. The van der Waals surface area contributed by atoms with Crippen molar-refractivity contribution in [3.05, 3.63) is 57.9 Å². The van der Waals surface area contributed by atoms with Crippen LogP contribution in [0.1, 0.15) is 45.5 Å². The lowest BCUT2D eigenvalue weighted by molar-refractivity contribution is -0.113. The summed E-state index contributed by atoms with van der Waals surface area (Å²) in [6, 6.07) is 5.74. The number of carbonyl (C=O) groups is 2. The Labute approximate surface area is 162 Å². The Morgan fingerprint density at radius 1 is 1.07 bits per heavy atom. The number of benzene rings is 2. The predicted octanol–water partition coefficient (Wildman–Crippen LogP) is 3.42. The van der Waals surface area contributed by atoms with Crippen molar-refractivity contribution in [3.63, 3.8) is 0 Å². The van der Waals surface area contributed by atoms with E-state index in [2.05, 4.69) is 15.7 Å². The molecule has 0 radical (unpaired) electrons. The topological polar surface area (TPSA) is 75.6 Å². The number of hydrogen-bond donors (Lipinski definition) is 1. The van der Waals surface area contributed by atoms with Gasteiger partial charge in [-0.2, -0.15) is 4.36 Å². The molecule has 1 aliphatic heterocycles. The molecule has 28 heavy (non-hydrogen) atoms. The van der Waals surface area contributed by atoms with Crippen LogP contribution < -0.4 is 5.32 Å². The van der Waals surface area contributed by atoms with Crippen LogP contribution >= 0.6 is 0 Å². The molecule has 2 aromatic carbocycles. The molecule has 0 spiro atoms. The zero-order valence-electron chi connectivity index (χ0n) is 15.2. The minimum absolute atomic E-state index is 0.0145. The first-order valence-corrected chi connectivity index (χ1v) is 11.2. The van der Waals surface area contributed by atoms with Crippen LogP contribution in [0, 0.1) is 5.82 Å². The minimum atomic E-state index is -3.23. The van der Waals surface area contributed by atoms with Gasteiger partial charge >= 0.3 is 0 Å². The summed E-state index contributed by atoms with van der Waals surface area (Å²) >= 11 is 0. The first-order valence-electron chi connectivity index (χ1n) is 9.50. The highest BCUT2D eigenvalue weighted by atomic mass is 32.2. The summed E-state index contributed by atoms with van der Waals surface area (Å²) in [6.45, 7) is 0. The van der Waals surface area contributed by atoms with Gasteiger partial charge in [0.15, 0.2) is 0 Å². The molecule has 2 amide bonds. The van der Waals surface area contributed by atoms with Gasteiger partial charge in [0.1, 0.15) is 11.6 Å². The molecular formula is C21H19FN2O3S. The Kier molecular flexibility index (Phi) is 3.91. The van der Waals surface area contributed by atoms with Crippen LogP contribution in [0.4, 0.5) is 10.1 Å². The lowest BCUT2D eigenvalue weighted by Crippen LogP contribution is -2.23. The molecule has 0 aromatic heterocycles. The zero-order valence-corrected chi connectivity index (χ0v) is 16.0. The molecular weight excluding hydrogens is 379 g/mol. The quantitative estimate of drug-likeness (QED) is 0.861. The first kappa shape index (κ1) is 17.6. The Balaban J connectivity index is 1.47. The number of aryl methyl sites for hydroxylation is 2. The van der Waals surface area contributed by atoms with E-state index in [1.807, 2.05) is 0 Å². The summed E-state index contributed by atoms with van der Waals surface area (Å²) in [5.41, 5.74) is 5.82. The lowest BCUT2D eigenvalue weighted by atomic mass is 9.98. The van der Waals surface area contributed by atoms with Gasteiger partial charge in [0.05, 0.1) is 20.2 Å². The maximum atomic E-state index is 13.4. The van der Waals surface area contributed by atoms with Gasteiger partial charge in [-0.1, -0.05) is 6.07 Å². The Morgan fingerprint density at radius 3 is 2.43 bits per heavy atom. The van der Waals surface area contributed by atoms with Crippen molar-refractivity contribution < 1.29 is 18.2 Å². The molecule has 2 aromatic rings. The predicted molar refractivity (Wildman–Crippen MR) is 104 cm³/mol. The van der Waals surface area contributed by atoms with Gasteiger partial charge in [-0.15, -0.1) is 0 Å². The van der Waals surface area contributed by atoms with Crippen molar-refractivity contribution in [2.75, 3.05) is 11.1 Å². The molecule has 1 N–H and O–H groups in total. The third-order valence-corrected chi connectivity index (χ3v) is 7.97. The van der Waals surface area contributed by atoms with E-state index in [1.165, 1.54) is 28.3 Å². The molecule has 2 aliphatic carbocycles. The van der Waals surface area contributed by atoms with E-state index in [-0.39, 0.29) is 10.5 Å². The van der Waals surface area contributed by atoms with Gasteiger partial charge in [0.2, 0.25) is 5.91 Å². The molecule has 3 aliphatic rings. The molecule has 5 nitrogen and oxygen atoms in total. The van der Waals surface area contributed by atoms with E-state index in [1.54, 1.807) is 0 Å². The monoisotopic (exact) mass is 398 g/mol. The molecule has 1 heterocycles. The molecule has 144 valence electrons. The second-order valence-corrected chi connectivity index (χ2v) is 9.80. The highest BCUT2D eigenvalue weighted by Gasteiger charge is 2.32. The van der Waals surface area contributed by atoms with Gasteiger partial charge in [-0.3, -0.25) is 9.59 Å². The normalized spacial score (nSPS) is 21.8. The SMILES string of the molecule is O=C(CS1(=O)=NC(=O)c2cc(F)ccc21)Nc1c2c(cc3c1CCC3)CCC2. The summed E-state index contributed by atoms with van der Waals surface area (Å²) in [4.78, 5) is 25.0. The summed E-state index contributed by atoms with van der Waals surface area (Å²) in [7, 11) is -3.23. The van der Waals surface area contributed by atoms with Crippen molar-refractivity contribution in [2.24, 2.45) is 4.36 Å². The van der Waals surface area contributed by atoms with Crippen LogP contribution in [0.15, 0.2) is 33.5 Å². The molecule has 0 saturated heterocycles. The number of fused-ring (bicyclic) bond motifs is 3. The number of carbonyl (C=O) groups excluding carboxylic acids is 2. The maximum Gasteiger partial charge on any atom is 0.286 e. The number of nitrogens with one attached hydrogen (secondary N) is 1. The third-order valence-electron chi connectivity index (χ3n) is 5.81. The van der Waals surface area contributed by atoms with E-state index < -0.39 is 33.1 Å². The fraction of sp³-hybridized carbons (Fsp3) is 0.333. The fourth-order valence-corrected chi connectivity index (χ4v) is 6.49. The number of nitrogens with zero attached hydrogens (tertiary/aromatic N) is 1. The zero-order chi connectivity index (χ0) is 19.5. The molecule has 0 fully saturated rings. The number of hydrogen-bond acceptors (Lipinski definition) is 3. The number of rotatable bonds is 3. The summed E-state index contributed by atoms with van der Waals surface area (Å²) in [5.74, 6) is -2.15. The minimum Gasteiger partial charge on any atom is -0.325 e. The summed E-state index contributed by atoms with van der Waals surface area (Å²) in [5, 5.41) is 2.99. The van der Waals surface area contributed by atoms with Gasteiger partial charge < -0.3 is 5.32 Å². The van der Waals surface area contributed by atoms with Crippen molar-refractivity contribution in [1.29, 1.82) is 0 Å². The van der Waals surface area contributed by atoms with Crippen molar-refractivity contribution in [1.82, 2.24) is 0 Å². The largest absolute Gasteiger partial charge is 0.325 e. The van der Waals surface area contributed by atoms with Gasteiger partial charge in [0.25, 0.3) is 5.91 Å². The molecule has 1 unspecified atom stereocenters. The molecule has 1 atom stereocenters. The number of anilines is 1. The van der Waals surface area contributed by atoms with Crippen LogP contribution in [0.25, 0.3) is 0 Å². The van der Waals surface area contributed by atoms with E-state index in [0.717, 1.165) is 56.3 Å². The van der Waals surface area contributed by atoms with Crippen molar-refractivity contribution in [3.8, 4) is 0 Å². The van der Waals surface area contributed by atoms with E-state index in [9.17, 15) is 18.2 Å². The lowest BCUT2D eigenvalue weighted by Gasteiger charge is -2.16. The van der Waals surface area contributed by atoms with Crippen LogP contribution in [-0.4, -0.2) is 21.8 Å². The second kappa shape index (κ2) is 6.24. The summed E-state index contributed by atoms with van der Waals surface area (Å²) < 4.78 is 30.4. The standard InChI is InChI=1S/C21H19FN2O3S/c22-14-7-8-18-17(10-14)21(26)24-28(18,27)11-19(25)23-20-15-5-1-3-12(15)9-13-4-2-6-16(13)20/h7-10H,1-6,11H2,(H,23,25). The van der Waals surface area contributed by atoms with Crippen LogP contribution in [0.3, 0.4) is 0 Å². The van der Waals surface area contributed by atoms with E-state index in [4.69, 9.17) is 0 Å². The van der Waals surface area contributed by atoms with Crippen molar-refractivity contribution in [2.45, 2.75) is 43.4 Å². The van der Waals surface area contributed by atoms with E-state index in [0.29, 0.717) is 0 Å². The van der Waals surface area contributed by atoms with Gasteiger partial charge in [-0.05, 0) is 79.0 Å². The van der Waals surface area contributed by atoms with Crippen LogP contribution in [0.5, 0.6) is 0 Å². The molecule has 0 saturated carbocycles. The average Bonchev–Trinajstić information content (AvgIpc) is 3.34. The first-order chi connectivity index (χ1) is 13.4. The smallest absolute Gasteiger partial charge is 0.286 e. The molecule has 5 rings (SSSR count). The van der Waals surface area contributed by atoms with Gasteiger partial charge in [-0.25, -0.2) is 8.60 Å². The van der Waals surface area contributed by atoms with Crippen LogP contribution in [0.2, 0.25) is 0 Å². The number of halogens is 1. The highest BCUT2D eigenvalue weighted by molar-refractivity contribution is 7.95. The Bertz CT molecular complexity index is 1150. The second-order valence-electron chi connectivity index (χ2n) is 7.60. The molecule has 7 heteroatoms. The average molecular weight is 398 g/mol. The summed E-state index contributed by atoms with van der Waals surface area (Å²) in [6.07, 6.45) is 6.04. The maximum absolute atomic E-state index is 13.4.